The van der Waals surface area contributed by atoms with Crippen molar-refractivity contribution in [1.29, 1.82) is 0 Å². The van der Waals surface area contributed by atoms with Gasteiger partial charge in [0.15, 0.2) is 11.6 Å². The molecular formula is C39H33N5. The molecule has 4 aromatic carbocycles. The summed E-state index contributed by atoms with van der Waals surface area (Å²) in [5, 5.41) is 2.33. The number of aromatic nitrogens is 5. The molecule has 0 amide bonds. The normalized spacial score (nSPS) is 15.1. The second kappa shape index (κ2) is 9.68. The molecule has 3 aromatic heterocycles. The maximum atomic E-state index is 5.06. The van der Waals surface area contributed by atoms with Crippen LogP contribution in [-0.2, 0) is 10.8 Å². The molecule has 0 N–H and O–H groups in total. The highest BCUT2D eigenvalue weighted by atomic mass is 15.2. The van der Waals surface area contributed by atoms with Gasteiger partial charge in [-0.15, -0.1) is 0 Å². The molecule has 0 bridgehead atoms. The molecule has 44 heavy (non-hydrogen) atoms. The lowest BCUT2D eigenvalue weighted by molar-refractivity contribution is 0.403. The number of para-hydroxylation sites is 2. The van der Waals surface area contributed by atoms with Gasteiger partial charge in [0.2, 0.25) is 5.95 Å². The van der Waals surface area contributed by atoms with Crippen molar-refractivity contribution in [3.8, 4) is 40.0 Å². The standard InChI is InChI=1S/C39H33N5/c1-38(2)24-39(3,4)31-22-26(18-20-30(31)38)32-21-19-27(23-40-32)36-41-35(25-12-6-5-7-13-25)42-37(43-36)44-33-16-10-8-14-28(33)29-15-9-11-17-34(29)44/h5-23H,24H2,1-4H3. The molecule has 5 heteroatoms. The van der Waals surface area contributed by atoms with Gasteiger partial charge in [-0.2, -0.15) is 9.97 Å². The number of benzene rings is 4. The van der Waals surface area contributed by atoms with Crippen LogP contribution in [0.25, 0.3) is 61.8 Å². The van der Waals surface area contributed by atoms with Gasteiger partial charge in [0.25, 0.3) is 0 Å². The van der Waals surface area contributed by atoms with Gasteiger partial charge in [-0.1, -0.05) is 107 Å². The quantitative estimate of drug-likeness (QED) is 0.211. The molecule has 0 unspecified atom stereocenters. The fraction of sp³-hybridized carbons (Fsp3) is 0.179. The second-order valence-corrected chi connectivity index (χ2v) is 13.2. The van der Waals surface area contributed by atoms with Gasteiger partial charge in [-0.25, -0.2) is 4.98 Å². The third kappa shape index (κ3) is 4.22. The zero-order chi connectivity index (χ0) is 30.1. The van der Waals surface area contributed by atoms with Crippen LogP contribution in [0.3, 0.4) is 0 Å². The van der Waals surface area contributed by atoms with Gasteiger partial charge in [-0.3, -0.25) is 9.55 Å². The number of fused-ring (bicyclic) bond motifs is 4. The van der Waals surface area contributed by atoms with Crippen LogP contribution in [0, 0.1) is 0 Å². The topological polar surface area (TPSA) is 56.5 Å². The number of hydrogen-bond acceptors (Lipinski definition) is 4. The lowest BCUT2D eigenvalue weighted by atomic mass is 9.82. The van der Waals surface area contributed by atoms with E-state index >= 15 is 0 Å². The van der Waals surface area contributed by atoms with E-state index in [0.717, 1.165) is 39.8 Å². The van der Waals surface area contributed by atoms with E-state index in [4.69, 9.17) is 19.9 Å². The minimum absolute atomic E-state index is 0.136. The summed E-state index contributed by atoms with van der Waals surface area (Å²) in [6.45, 7) is 9.39. The average molecular weight is 572 g/mol. The first-order chi connectivity index (χ1) is 21.3. The molecule has 0 saturated carbocycles. The summed E-state index contributed by atoms with van der Waals surface area (Å²) in [4.78, 5) is 19.9. The molecule has 1 aliphatic rings. The molecule has 5 nitrogen and oxygen atoms in total. The van der Waals surface area contributed by atoms with E-state index in [2.05, 4.69) is 111 Å². The smallest absolute Gasteiger partial charge is 0.238 e. The molecule has 8 rings (SSSR count). The Bertz CT molecular complexity index is 2140. The average Bonchev–Trinajstić information content (AvgIpc) is 3.48. The predicted octanol–water partition coefficient (Wildman–Crippen LogP) is 9.32. The second-order valence-electron chi connectivity index (χ2n) is 13.2. The third-order valence-corrected chi connectivity index (χ3v) is 9.11. The zero-order valence-corrected chi connectivity index (χ0v) is 25.4. The molecule has 0 fully saturated rings. The van der Waals surface area contributed by atoms with Crippen molar-refractivity contribution in [2.75, 3.05) is 0 Å². The van der Waals surface area contributed by atoms with Crippen LogP contribution in [-0.4, -0.2) is 24.5 Å². The van der Waals surface area contributed by atoms with Crippen molar-refractivity contribution in [2.24, 2.45) is 0 Å². The Balaban J connectivity index is 1.26. The van der Waals surface area contributed by atoms with Gasteiger partial charge in [0.1, 0.15) is 0 Å². The number of nitrogens with zero attached hydrogens (tertiary/aromatic N) is 5. The highest BCUT2D eigenvalue weighted by Crippen LogP contribution is 2.50. The summed E-state index contributed by atoms with van der Waals surface area (Å²) >= 11 is 0. The monoisotopic (exact) mass is 571 g/mol. The molecule has 0 spiro atoms. The van der Waals surface area contributed by atoms with Crippen LogP contribution in [0.15, 0.2) is 115 Å². The SMILES string of the molecule is CC1(C)CC(C)(C)c2cc(-c3ccc(-c4nc(-c5ccccc5)nc(-n5c6ccccc6c6ccccc65)n4)cn3)ccc21. The molecule has 0 saturated heterocycles. The molecule has 1 aliphatic carbocycles. The fourth-order valence-corrected chi connectivity index (χ4v) is 7.29. The van der Waals surface area contributed by atoms with E-state index < -0.39 is 0 Å². The van der Waals surface area contributed by atoms with Crippen molar-refractivity contribution in [3.63, 3.8) is 0 Å². The Hall–Kier alpha value is -5.16. The molecule has 7 aromatic rings. The van der Waals surface area contributed by atoms with E-state index in [-0.39, 0.29) is 10.8 Å². The van der Waals surface area contributed by atoms with Gasteiger partial charge in [-0.05, 0) is 58.7 Å². The van der Waals surface area contributed by atoms with E-state index in [1.165, 1.54) is 21.9 Å². The van der Waals surface area contributed by atoms with Crippen LogP contribution in [0.4, 0.5) is 0 Å². The first kappa shape index (κ1) is 26.5. The number of hydrogen-bond donors (Lipinski definition) is 0. The van der Waals surface area contributed by atoms with E-state index in [1.807, 2.05) is 36.5 Å². The van der Waals surface area contributed by atoms with E-state index in [0.29, 0.717) is 17.6 Å². The molecule has 0 atom stereocenters. The predicted molar refractivity (Wildman–Crippen MR) is 179 cm³/mol. The van der Waals surface area contributed by atoms with E-state index in [1.54, 1.807) is 0 Å². The third-order valence-electron chi connectivity index (χ3n) is 9.11. The fourth-order valence-electron chi connectivity index (χ4n) is 7.29. The summed E-state index contributed by atoms with van der Waals surface area (Å²) < 4.78 is 2.14. The number of pyridine rings is 1. The molecule has 0 radical (unpaired) electrons. The summed E-state index contributed by atoms with van der Waals surface area (Å²) in [7, 11) is 0. The lowest BCUT2D eigenvalue weighted by Gasteiger charge is -2.22. The summed E-state index contributed by atoms with van der Waals surface area (Å²) in [6.07, 6.45) is 3.03. The molecule has 214 valence electrons. The zero-order valence-electron chi connectivity index (χ0n) is 25.4. The first-order valence-corrected chi connectivity index (χ1v) is 15.2. The Labute approximate surface area is 257 Å². The van der Waals surface area contributed by atoms with Crippen LogP contribution >= 0.6 is 0 Å². The minimum atomic E-state index is 0.136. The Morgan fingerprint density at radius 3 is 1.80 bits per heavy atom. The Morgan fingerprint density at radius 1 is 0.545 bits per heavy atom. The summed E-state index contributed by atoms with van der Waals surface area (Å²) in [5.41, 5.74) is 9.15. The van der Waals surface area contributed by atoms with Crippen LogP contribution in [0.2, 0.25) is 0 Å². The number of rotatable bonds is 4. The lowest BCUT2D eigenvalue weighted by Crippen LogP contribution is -2.17. The maximum absolute atomic E-state index is 5.06. The Kier molecular flexibility index (Phi) is 5.82. The van der Waals surface area contributed by atoms with Crippen molar-refractivity contribution < 1.29 is 0 Å². The largest absolute Gasteiger partial charge is 0.278 e. The minimum Gasteiger partial charge on any atom is -0.278 e. The van der Waals surface area contributed by atoms with Crippen LogP contribution in [0.5, 0.6) is 0 Å². The molecule has 3 heterocycles. The van der Waals surface area contributed by atoms with Gasteiger partial charge in [0.05, 0.1) is 16.7 Å². The van der Waals surface area contributed by atoms with Crippen molar-refractivity contribution >= 4 is 21.8 Å². The van der Waals surface area contributed by atoms with Gasteiger partial charge >= 0.3 is 0 Å². The van der Waals surface area contributed by atoms with Gasteiger partial charge in [0, 0.05) is 33.7 Å². The molecule has 0 aliphatic heterocycles. The highest BCUT2D eigenvalue weighted by Gasteiger charge is 2.41. The van der Waals surface area contributed by atoms with Crippen molar-refractivity contribution in [1.82, 2.24) is 24.5 Å². The maximum Gasteiger partial charge on any atom is 0.238 e. The summed E-state index contributed by atoms with van der Waals surface area (Å²) in [5.74, 6) is 1.80. The van der Waals surface area contributed by atoms with Gasteiger partial charge < -0.3 is 0 Å². The van der Waals surface area contributed by atoms with Crippen LogP contribution < -0.4 is 0 Å². The summed E-state index contributed by atoms with van der Waals surface area (Å²) in [6, 6.07) is 37.9. The van der Waals surface area contributed by atoms with Crippen molar-refractivity contribution in [2.45, 2.75) is 44.9 Å². The van der Waals surface area contributed by atoms with Crippen molar-refractivity contribution in [3.05, 3.63) is 127 Å². The van der Waals surface area contributed by atoms with Crippen LogP contribution in [0.1, 0.15) is 45.2 Å². The molecular weight excluding hydrogens is 538 g/mol. The van der Waals surface area contributed by atoms with E-state index in [9.17, 15) is 0 Å². The first-order valence-electron chi connectivity index (χ1n) is 15.2. The Morgan fingerprint density at radius 2 is 1.14 bits per heavy atom. The highest BCUT2D eigenvalue weighted by molar-refractivity contribution is 6.08.